The number of hydrogen-bond donors (Lipinski definition) is 1. The lowest BCUT2D eigenvalue weighted by atomic mass is 10.1. The van der Waals surface area contributed by atoms with E-state index in [1.54, 1.807) is 13.2 Å². The monoisotopic (exact) mass is 233 g/mol. The normalized spacial score (nSPS) is 12.6. The van der Waals surface area contributed by atoms with Gasteiger partial charge in [0.2, 0.25) is 5.91 Å². The molecule has 1 N–H and O–H groups in total. The van der Waals surface area contributed by atoms with Crippen LogP contribution in [-0.2, 0) is 9.53 Å². The molecule has 0 saturated carbocycles. The molecule has 17 heavy (non-hydrogen) atoms. The van der Waals surface area contributed by atoms with Gasteiger partial charge in [0.1, 0.15) is 0 Å². The van der Waals surface area contributed by atoms with Crippen LogP contribution in [0, 0.1) is 6.92 Å². The van der Waals surface area contributed by atoms with Crippen molar-refractivity contribution in [1.82, 2.24) is 5.32 Å². The molecule has 0 heterocycles. The lowest BCUT2D eigenvalue weighted by Gasteiger charge is -2.10. The molecule has 1 rings (SSSR count). The second kappa shape index (κ2) is 6.86. The van der Waals surface area contributed by atoms with Gasteiger partial charge in [-0.05, 0) is 31.1 Å². The van der Waals surface area contributed by atoms with Crippen molar-refractivity contribution in [3.8, 4) is 0 Å². The van der Waals surface area contributed by atoms with Crippen LogP contribution in [0.2, 0.25) is 0 Å². The number of methoxy groups -OCH3 is 1. The summed E-state index contributed by atoms with van der Waals surface area (Å²) in [5.41, 5.74) is 2.21. The first kappa shape index (κ1) is 13.5. The molecule has 0 aliphatic carbocycles. The van der Waals surface area contributed by atoms with Crippen molar-refractivity contribution in [2.75, 3.05) is 13.7 Å². The first-order valence-electron chi connectivity index (χ1n) is 5.66. The third kappa shape index (κ3) is 4.83. The molecular weight excluding hydrogens is 214 g/mol. The first-order chi connectivity index (χ1) is 8.13. The molecule has 0 saturated heterocycles. The topological polar surface area (TPSA) is 38.3 Å². The predicted octanol–water partition coefficient (Wildman–Crippen LogP) is 2.16. The minimum Gasteiger partial charge on any atom is -0.383 e. The van der Waals surface area contributed by atoms with Crippen LogP contribution in [0.3, 0.4) is 0 Å². The van der Waals surface area contributed by atoms with Crippen LogP contribution in [0.4, 0.5) is 0 Å². The highest BCUT2D eigenvalue weighted by Crippen LogP contribution is 2.08. The quantitative estimate of drug-likeness (QED) is 0.791. The van der Waals surface area contributed by atoms with E-state index in [2.05, 4.69) is 5.32 Å². The van der Waals surface area contributed by atoms with E-state index >= 15 is 0 Å². The van der Waals surface area contributed by atoms with E-state index in [9.17, 15) is 4.79 Å². The predicted molar refractivity (Wildman–Crippen MR) is 69.7 cm³/mol. The van der Waals surface area contributed by atoms with Gasteiger partial charge in [-0.2, -0.15) is 0 Å². The number of ether oxygens (including phenoxy) is 1. The molecule has 0 aliphatic rings. The number of hydrogen-bond acceptors (Lipinski definition) is 2. The van der Waals surface area contributed by atoms with Crippen molar-refractivity contribution >= 4 is 12.0 Å². The van der Waals surface area contributed by atoms with E-state index in [0.29, 0.717) is 6.61 Å². The van der Waals surface area contributed by atoms with Crippen LogP contribution < -0.4 is 5.32 Å². The van der Waals surface area contributed by atoms with E-state index in [-0.39, 0.29) is 11.9 Å². The van der Waals surface area contributed by atoms with Gasteiger partial charge in [-0.3, -0.25) is 4.79 Å². The first-order valence-corrected chi connectivity index (χ1v) is 5.66. The lowest BCUT2D eigenvalue weighted by Crippen LogP contribution is -2.34. The van der Waals surface area contributed by atoms with Crippen LogP contribution in [0.25, 0.3) is 6.08 Å². The zero-order chi connectivity index (χ0) is 12.7. The molecule has 0 fully saturated rings. The number of rotatable bonds is 5. The van der Waals surface area contributed by atoms with Gasteiger partial charge in [-0.15, -0.1) is 0 Å². The molecule has 92 valence electrons. The zero-order valence-corrected chi connectivity index (χ0v) is 10.6. The van der Waals surface area contributed by atoms with Crippen molar-refractivity contribution in [2.24, 2.45) is 0 Å². The van der Waals surface area contributed by atoms with Gasteiger partial charge in [0.15, 0.2) is 0 Å². The summed E-state index contributed by atoms with van der Waals surface area (Å²) in [6.45, 7) is 4.44. The van der Waals surface area contributed by atoms with Crippen molar-refractivity contribution in [3.05, 3.63) is 41.5 Å². The molecule has 3 nitrogen and oxygen atoms in total. The smallest absolute Gasteiger partial charge is 0.244 e. The van der Waals surface area contributed by atoms with Gasteiger partial charge < -0.3 is 10.1 Å². The van der Waals surface area contributed by atoms with Crippen LogP contribution in [0.5, 0.6) is 0 Å². The van der Waals surface area contributed by atoms with E-state index in [1.165, 1.54) is 0 Å². The summed E-state index contributed by atoms with van der Waals surface area (Å²) in [4.78, 5) is 11.6. The van der Waals surface area contributed by atoms with Crippen LogP contribution in [-0.4, -0.2) is 25.7 Å². The zero-order valence-electron chi connectivity index (χ0n) is 10.6. The van der Waals surface area contributed by atoms with Gasteiger partial charge >= 0.3 is 0 Å². The molecule has 1 atom stereocenters. The maximum absolute atomic E-state index is 11.6. The minimum atomic E-state index is -0.0993. The van der Waals surface area contributed by atoms with E-state index in [0.717, 1.165) is 11.1 Å². The van der Waals surface area contributed by atoms with Crippen molar-refractivity contribution in [2.45, 2.75) is 19.9 Å². The fraction of sp³-hybridized carbons (Fsp3) is 0.357. The standard InChI is InChI=1S/C14H19NO2/c1-11-6-4-5-7-13(11)8-9-14(16)15-12(2)10-17-3/h4-9,12H,10H2,1-3H3,(H,15,16)/b9-8+. The highest BCUT2D eigenvalue weighted by molar-refractivity contribution is 5.92. The molecule has 0 bridgehead atoms. The fourth-order valence-electron chi connectivity index (χ4n) is 1.52. The number of carbonyl (C=O) groups is 1. The maximum atomic E-state index is 11.6. The third-order valence-electron chi connectivity index (χ3n) is 2.41. The summed E-state index contributed by atoms with van der Waals surface area (Å²) in [5.74, 6) is -0.0993. The Bertz CT molecular complexity index is 399. The summed E-state index contributed by atoms with van der Waals surface area (Å²) < 4.78 is 4.95. The van der Waals surface area contributed by atoms with Crippen molar-refractivity contribution in [1.29, 1.82) is 0 Å². The van der Waals surface area contributed by atoms with Gasteiger partial charge in [0, 0.05) is 19.2 Å². The Labute approximate surface area is 102 Å². The molecule has 0 spiro atoms. The van der Waals surface area contributed by atoms with Gasteiger partial charge in [-0.1, -0.05) is 24.3 Å². The van der Waals surface area contributed by atoms with Crippen molar-refractivity contribution < 1.29 is 9.53 Å². The van der Waals surface area contributed by atoms with Crippen LogP contribution >= 0.6 is 0 Å². The van der Waals surface area contributed by atoms with E-state index in [4.69, 9.17) is 4.74 Å². The van der Waals surface area contributed by atoms with Crippen LogP contribution in [0.1, 0.15) is 18.1 Å². The molecule has 1 aromatic carbocycles. The average molecular weight is 233 g/mol. The summed E-state index contributed by atoms with van der Waals surface area (Å²) in [6, 6.07) is 7.96. The number of benzene rings is 1. The summed E-state index contributed by atoms with van der Waals surface area (Å²) in [5, 5.41) is 2.82. The Kier molecular flexibility index (Phi) is 5.43. The number of nitrogens with one attached hydrogen (secondary N) is 1. The molecule has 1 aromatic rings. The average Bonchev–Trinajstić information content (AvgIpc) is 2.28. The fourth-order valence-corrected chi connectivity index (χ4v) is 1.52. The lowest BCUT2D eigenvalue weighted by molar-refractivity contribution is -0.117. The van der Waals surface area contributed by atoms with Crippen molar-refractivity contribution in [3.63, 3.8) is 0 Å². The molecule has 0 aliphatic heterocycles. The number of amides is 1. The maximum Gasteiger partial charge on any atom is 0.244 e. The second-order valence-electron chi connectivity index (χ2n) is 4.05. The highest BCUT2D eigenvalue weighted by Gasteiger charge is 2.03. The Morgan fingerprint density at radius 2 is 2.18 bits per heavy atom. The van der Waals surface area contributed by atoms with Gasteiger partial charge in [-0.25, -0.2) is 0 Å². The summed E-state index contributed by atoms with van der Waals surface area (Å²) >= 11 is 0. The molecular formula is C14H19NO2. The summed E-state index contributed by atoms with van der Waals surface area (Å²) in [6.07, 6.45) is 3.37. The molecule has 0 radical (unpaired) electrons. The molecule has 1 amide bonds. The number of carbonyl (C=O) groups excluding carboxylic acids is 1. The number of aryl methyl sites for hydroxylation is 1. The van der Waals surface area contributed by atoms with Gasteiger partial charge in [0.25, 0.3) is 0 Å². The third-order valence-corrected chi connectivity index (χ3v) is 2.41. The summed E-state index contributed by atoms with van der Waals surface area (Å²) in [7, 11) is 1.62. The Morgan fingerprint density at radius 3 is 2.82 bits per heavy atom. The van der Waals surface area contributed by atoms with E-state index in [1.807, 2.05) is 44.2 Å². The Balaban J connectivity index is 2.54. The minimum absolute atomic E-state index is 0.0222. The largest absolute Gasteiger partial charge is 0.383 e. The van der Waals surface area contributed by atoms with Gasteiger partial charge in [0.05, 0.1) is 6.61 Å². The SMILES string of the molecule is COCC(C)NC(=O)/C=C/c1ccccc1C. The molecule has 1 unspecified atom stereocenters. The molecule has 0 aromatic heterocycles. The van der Waals surface area contributed by atoms with E-state index < -0.39 is 0 Å². The highest BCUT2D eigenvalue weighted by atomic mass is 16.5. The Morgan fingerprint density at radius 1 is 1.47 bits per heavy atom. The second-order valence-corrected chi connectivity index (χ2v) is 4.05. The molecule has 3 heteroatoms. The Hall–Kier alpha value is -1.61. The van der Waals surface area contributed by atoms with Crippen LogP contribution in [0.15, 0.2) is 30.3 Å².